The molecule has 0 saturated heterocycles. The monoisotopic (exact) mass is 227 g/mol. The van der Waals surface area contributed by atoms with Gasteiger partial charge in [-0.1, -0.05) is 12.2 Å². The van der Waals surface area contributed by atoms with Crippen LogP contribution in [-0.2, 0) is 4.79 Å². The Morgan fingerprint density at radius 2 is 2.40 bits per heavy atom. The van der Waals surface area contributed by atoms with Gasteiger partial charge in [0.25, 0.3) is 0 Å². The summed E-state index contributed by atoms with van der Waals surface area (Å²) in [5.74, 6) is -1.67. The van der Waals surface area contributed by atoms with Crippen LogP contribution in [0.5, 0.6) is 0 Å². The number of anilines is 1. The Hall–Kier alpha value is -1.56. The predicted octanol–water partition coefficient (Wildman–Crippen LogP) is 1.08. The van der Waals surface area contributed by atoms with Gasteiger partial charge in [-0.05, 0) is 13.0 Å². The van der Waals surface area contributed by atoms with Crippen molar-refractivity contribution in [3.05, 3.63) is 24.3 Å². The van der Waals surface area contributed by atoms with Crippen LogP contribution in [0.3, 0.4) is 0 Å². The number of pyridine rings is 1. The Balaban J connectivity index is 2.75. The van der Waals surface area contributed by atoms with Crippen LogP contribution < -0.4 is 11.1 Å². The smallest absolute Gasteiger partial charge is 0.234 e. The fourth-order valence-electron chi connectivity index (χ4n) is 0.847. The summed E-state index contributed by atoms with van der Waals surface area (Å²) in [5, 5.41) is 2.37. The third kappa shape index (κ3) is 2.95. The molecular formula is C9H10FN3OS. The molecule has 0 bridgehead atoms. The number of halogens is 1. The minimum absolute atomic E-state index is 0.0677. The largest absolute Gasteiger partial charge is 0.393 e. The number of hydrogen-bond donors (Lipinski definition) is 2. The van der Waals surface area contributed by atoms with Crippen molar-refractivity contribution in [3.8, 4) is 0 Å². The average Bonchev–Trinajstić information content (AvgIpc) is 2.20. The van der Waals surface area contributed by atoms with Gasteiger partial charge in [0.2, 0.25) is 5.91 Å². The molecule has 0 aliphatic heterocycles. The highest BCUT2D eigenvalue weighted by Crippen LogP contribution is 2.12. The quantitative estimate of drug-likeness (QED) is 0.758. The Morgan fingerprint density at radius 1 is 1.73 bits per heavy atom. The van der Waals surface area contributed by atoms with E-state index in [-0.39, 0.29) is 10.7 Å². The van der Waals surface area contributed by atoms with Crippen molar-refractivity contribution < 1.29 is 9.18 Å². The molecule has 6 heteroatoms. The van der Waals surface area contributed by atoms with Gasteiger partial charge in [0.05, 0.1) is 22.8 Å². The van der Waals surface area contributed by atoms with Crippen molar-refractivity contribution in [3.63, 3.8) is 0 Å². The molecule has 3 N–H and O–H groups in total. The highest BCUT2D eigenvalue weighted by Gasteiger charge is 2.16. The number of thiocarbonyl (C=S) groups is 1. The maximum absolute atomic E-state index is 13.1. The molecule has 0 spiro atoms. The molecule has 4 nitrogen and oxygen atoms in total. The maximum atomic E-state index is 13.1. The third-order valence-corrected chi connectivity index (χ3v) is 2.20. The Morgan fingerprint density at radius 3 is 2.93 bits per heavy atom. The molecule has 1 aromatic rings. The lowest BCUT2D eigenvalue weighted by molar-refractivity contribution is -0.117. The summed E-state index contributed by atoms with van der Waals surface area (Å²) in [7, 11) is 0. The van der Waals surface area contributed by atoms with Crippen molar-refractivity contribution in [2.75, 3.05) is 5.32 Å². The number of nitrogens with zero attached hydrogens (tertiary/aromatic N) is 1. The van der Waals surface area contributed by atoms with Gasteiger partial charge in [0.1, 0.15) is 0 Å². The molecule has 1 aromatic heterocycles. The van der Waals surface area contributed by atoms with E-state index >= 15 is 0 Å². The van der Waals surface area contributed by atoms with Crippen LogP contribution in [0.4, 0.5) is 10.1 Å². The molecule has 0 saturated carbocycles. The minimum Gasteiger partial charge on any atom is -0.393 e. The second-order valence-corrected chi connectivity index (χ2v) is 3.44. The number of carbonyl (C=O) groups is 1. The van der Waals surface area contributed by atoms with Gasteiger partial charge in [0.15, 0.2) is 5.82 Å². The molecule has 0 aliphatic carbocycles. The van der Waals surface area contributed by atoms with E-state index in [4.69, 9.17) is 5.73 Å². The van der Waals surface area contributed by atoms with Gasteiger partial charge in [-0.2, -0.15) is 0 Å². The molecule has 1 rings (SSSR count). The summed E-state index contributed by atoms with van der Waals surface area (Å²) in [5.41, 5.74) is 5.36. The number of aromatic nitrogens is 1. The number of hydrogen-bond acceptors (Lipinski definition) is 3. The Kier molecular flexibility index (Phi) is 3.68. The van der Waals surface area contributed by atoms with Crippen molar-refractivity contribution in [1.82, 2.24) is 4.98 Å². The predicted molar refractivity (Wildman–Crippen MR) is 58.8 cm³/mol. The lowest BCUT2D eigenvalue weighted by atomic mass is 10.1. The van der Waals surface area contributed by atoms with E-state index in [1.54, 1.807) is 6.92 Å². The molecule has 0 aliphatic rings. The van der Waals surface area contributed by atoms with E-state index in [0.29, 0.717) is 0 Å². The first-order chi connectivity index (χ1) is 7.02. The Labute approximate surface area is 91.7 Å². The van der Waals surface area contributed by atoms with Crippen LogP contribution >= 0.6 is 12.2 Å². The standard InChI is InChI=1S/C9H10FN3OS/c1-5(8(11)15)9(14)13-7-2-3-12-4-6(7)10/h2-5H,1H3,(H2,11,15)(H,12,13,14). The van der Waals surface area contributed by atoms with Gasteiger partial charge < -0.3 is 11.1 Å². The van der Waals surface area contributed by atoms with Crippen molar-refractivity contribution in [2.45, 2.75) is 6.92 Å². The summed E-state index contributed by atoms with van der Waals surface area (Å²) in [6, 6.07) is 1.36. The lowest BCUT2D eigenvalue weighted by Crippen LogP contribution is -2.31. The first-order valence-corrected chi connectivity index (χ1v) is 4.63. The zero-order valence-electron chi connectivity index (χ0n) is 8.03. The second-order valence-electron chi connectivity index (χ2n) is 2.97. The second kappa shape index (κ2) is 4.79. The fraction of sp³-hybridized carbons (Fsp3) is 0.222. The van der Waals surface area contributed by atoms with Crippen molar-refractivity contribution in [1.29, 1.82) is 0 Å². The Bertz CT molecular complexity index is 397. The first-order valence-electron chi connectivity index (χ1n) is 4.22. The van der Waals surface area contributed by atoms with Crippen LogP contribution in [0.2, 0.25) is 0 Å². The summed E-state index contributed by atoms with van der Waals surface area (Å²) >= 11 is 4.65. The van der Waals surface area contributed by atoms with Crippen molar-refractivity contribution >= 4 is 28.8 Å². The zero-order valence-corrected chi connectivity index (χ0v) is 8.84. The molecule has 80 valence electrons. The summed E-state index contributed by atoms with van der Waals surface area (Å²) in [6.07, 6.45) is 2.39. The van der Waals surface area contributed by atoms with Crippen molar-refractivity contribution in [2.24, 2.45) is 11.7 Å². The van der Waals surface area contributed by atoms with E-state index in [1.807, 2.05) is 0 Å². The molecular weight excluding hydrogens is 217 g/mol. The van der Waals surface area contributed by atoms with E-state index in [1.165, 1.54) is 12.3 Å². The highest BCUT2D eigenvalue weighted by molar-refractivity contribution is 7.80. The van der Waals surface area contributed by atoms with Crippen LogP contribution in [0.1, 0.15) is 6.92 Å². The topological polar surface area (TPSA) is 68.0 Å². The molecule has 1 heterocycles. The van der Waals surface area contributed by atoms with Gasteiger partial charge in [-0.25, -0.2) is 4.39 Å². The zero-order chi connectivity index (χ0) is 11.4. The van der Waals surface area contributed by atoms with Crippen LogP contribution in [-0.4, -0.2) is 15.9 Å². The first kappa shape index (κ1) is 11.5. The molecule has 0 fully saturated rings. The number of nitrogens with two attached hydrogens (primary N) is 1. The van der Waals surface area contributed by atoms with Crippen LogP contribution in [0, 0.1) is 11.7 Å². The maximum Gasteiger partial charge on any atom is 0.234 e. The molecule has 1 unspecified atom stereocenters. The number of carbonyl (C=O) groups excluding carboxylic acids is 1. The summed E-state index contributed by atoms with van der Waals surface area (Å²) < 4.78 is 13.1. The molecule has 15 heavy (non-hydrogen) atoms. The van der Waals surface area contributed by atoms with E-state index < -0.39 is 17.6 Å². The number of nitrogens with one attached hydrogen (secondary N) is 1. The summed E-state index contributed by atoms with van der Waals surface area (Å²) in [4.78, 5) is 15.1. The van der Waals surface area contributed by atoms with E-state index in [0.717, 1.165) is 6.20 Å². The molecule has 1 amide bonds. The van der Waals surface area contributed by atoms with Gasteiger partial charge >= 0.3 is 0 Å². The highest BCUT2D eigenvalue weighted by atomic mass is 32.1. The average molecular weight is 227 g/mol. The van der Waals surface area contributed by atoms with E-state index in [2.05, 4.69) is 22.5 Å². The number of amides is 1. The van der Waals surface area contributed by atoms with Crippen LogP contribution in [0.15, 0.2) is 18.5 Å². The molecule has 1 atom stereocenters. The van der Waals surface area contributed by atoms with Gasteiger partial charge in [-0.15, -0.1) is 0 Å². The number of rotatable bonds is 3. The van der Waals surface area contributed by atoms with Gasteiger partial charge in [-0.3, -0.25) is 9.78 Å². The summed E-state index contributed by atoms with van der Waals surface area (Å²) in [6.45, 7) is 1.55. The lowest BCUT2D eigenvalue weighted by Gasteiger charge is -2.10. The minimum atomic E-state index is -0.632. The molecule has 0 aromatic carbocycles. The molecule has 0 radical (unpaired) electrons. The SMILES string of the molecule is CC(C(=O)Nc1ccncc1F)C(N)=S. The third-order valence-electron chi connectivity index (χ3n) is 1.85. The normalized spacial score (nSPS) is 11.9. The van der Waals surface area contributed by atoms with E-state index in [9.17, 15) is 9.18 Å². The van der Waals surface area contributed by atoms with Gasteiger partial charge in [0, 0.05) is 6.20 Å². The fourth-order valence-corrected chi connectivity index (χ4v) is 0.954. The van der Waals surface area contributed by atoms with Crippen LogP contribution in [0.25, 0.3) is 0 Å².